The summed E-state index contributed by atoms with van der Waals surface area (Å²) in [7, 11) is 0. The van der Waals surface area contributed by atoms with Crippen LogP contribution in [0.4, 0.5) is 5.13 Å². The molecule has 0 radical (unpaired) electrons. The number of benzene rings is 3. The molecule has 0 saturated heterocycles. The minimum Gasteiger partial charge on any atom is -0.503 e. The molecule has 35 heavy (non-hydrogen) atoms. The van der Waals surface area contributed by atoms with E-state index in [0.717, 1.165) is 21.2 Å². The number of aliphatic hydroxyl groups excluding tert-OH is 1. The highest BCUT2D eigenvalue weighted by Gasteiger charge is 2.46. The SMILES string of the molecule is Cc1ccc2nc(N3C(=O)C(O)=C(C(=O)c4cc5ccccc5o4)C3c3cccc(Cl)c3)sc2c1. The van der Waals surface area contributed by atoms with Gasteiger partial charge in [-0.1, -0.05) is 59.3 Å². The molecule has 1 atom stereocenters. The molecule has 1 amide bonds. The second-order valence-electron chi connectivity index (χ2n) is 8.34. The van der Waals surface area contributed by atoms with Crippen LogP contribution >= 0.6 is 22.9 Å². The van der Waals surface area contributed by atoms with Gasteiger partial charge in [-0.25, -0.2) is 4.98 Å². The van der Waals surface area contributed by atoms with E-state index in [2.05, 4.69) is 4.98 Å². The predicted molar refractivity (Wildman–Crippen MR) is 136 cm³/mol. The largest absolute Gasteiger partial charge is 0.503 e. The van der Waals surface area contributed by atoms with Crippen LogP contribution in [-0.2, 0) is 4.79 Å². The van der Waals surface area contributed by atoms with Crippen LogP contribution in [-0.4, -0.2) is 21.8 Å². The van der Waals surface area contributed by atoms with Crippen LogP contribution < -0.4 is 4.90 Å². The molecule has 6 nitrogen and oxygen atoms in total. The third-order valence-electron chi connectivity index (χ3n) is 6.01. The van der Waals surface area contributed by atoms with Crippen LogP contribution in [0.1, 0.15) is 27.7 Å². The molecule has 0 bridgehead atoms. The first-order valence-corrected chi connectivity index (χ1v) is 12.0. The summed E-state index contributed by atoms with van der Waals surface area (Å²) in [4.78, 5) is 33.1. The van der Waals surface area contributed by atoms with E-state index in [1.807, 2.05) is 37.3 Å². The van der Waals surface area contributed by atoms with Gasteiger partial charge in [0.1, 0.15) is 5.58 Å². The fraction of sp³-hybridized carbons (Fsp3) is 0.0741. The van der Waals surface area contributed by atoms with Gasteiger partial charge in [-0.2, -0.15) is 0 Å². The third-order valence-corrected chi connectivity index (χ3v) is 7.26. The van der Waals surface area contributed by atoms with Crippen LogP contribution in [0, 0.1) is 6.92 Å². The van der Waals surface area contributed by atoms with Gasteiger partial charge in [0.15, 0.2) is 16.7 Å². The number of nitrogens with zero attached hydrogens (tertiary/aromatic N) is 2. The Morgan fingerprint density at radius 2 is 1.91 bits per heavy atom. The molecule has 1 aliphatic heterocycles. The number of aromatic nitrogens is 1. The fourth-order valence-electron chi connectivity index (χ4n) is 4.38. The molecule has 1 N–H and O–H groups in total. The number of furan rings is 1. The Bertz CT molecular complexity index is 1670. The van der Waals surface area contributed by atoms with Crippen molar-refractivity contribution in [3.05, 3.63) is 106 Å². The molecule has 3 aromatic carbocycles. The van der Waals surface area contributed by atoms with E-state index in [9.17, 15) is 14.7 Å². The smallest absolute Gasteiger partial charge is 0.296 e. The molecule has 2 aromatic heterocycles. The molecule has 6 rings (SSSR count). The Morgan fingerprint density at radius 3 is 2.71 bits per heavy atom. The molecule has 1 unspecified atom stereocenters. The first-order valence-electron chi connectivity index (χ1n) is 10.8. The number of carbonyl (C=O) groups excluding carboxylic acids is 2. The summed E-state index contributed by atoms with van der Waals surface area (Å²) in [5.41, 5.74) is 2.83. The number of fused-ring (bicyclic) bond motifs is 2. The number of hydrogen-bond donors (Lipinski definition) is 1. The van der Waals surface area contributed by atoms with E-state index >= 15 is 0 Å². The number of aryl methyl sites for hydroxylation is 1. The summed E-state index contributed by atoms with van der Waals surface area (Å²) >= 11 is 7.59. The Hall–Kier alpha value is -3.94. The maximum absolute atomic E-state index is 13.7. The quantitative estimate of drug-likeness (QED) is 0.275. The highest BCUT2D eigenvalue weighted by atomic mass is 35.5. The van der Waals surface area contributed by atoms with Gasteiger partial charge in [-0.15, -0.1) is 0 Å². The zero-order valence-electron chi connectivity index (χ0n) is 18.4. The van der Waals surface area contributed by atoms with Crippen molar-refractivity contribution in [3.63, 3.8) is 0 Å². The molecule has 0 fully saturated rings. The van der Waals surface area contributed by atoms with E-state index in [1.54, 1.807) is 42.5 Å². The molecule has 8 heteroatoms. The lowest BCUT2D eigenvalue weighted by Gasteiger charge is -2.24. The summed E-state index contributed by atoms with van der Waals surface area (Å²) < 4.78 is 6.67. The highest BCUT2D eigenvalue weighted by molar-refractivity contribution is 7.22. The first-order chi connectivity index (χ1) is 16.9. The number of aliphatic hydroxyl groups is 1. The number of Topliss-reactive ketones (excluding diaryl/α,β-unsaturated/α-hetero) is 1. The molecular weight excluding hydrogens is 484 g/mol. The number of hydrogen-bond acceptors (Lipinski definition) is 6. The van der Waals surface area contributed by atoms with Gasteiger partial charge in [-0.3, -0.25) is 14.5 Å². The number of amides is 1. The third kappa shape index (κ3) is 3.51. The zero-order valence-corrected chi connectivity index (χ0v) is 19.9. The van der Waals surface area contributed by atoms with Crippen molar-refractivity contribution in [2.45, 2.75) is 13.0 Å². The van der Waals surface area contributed by atoms with Gasteiger partial charge in [0, 0.05) is 10.4 Å². The van der Waals surface area contributed by atoms with Crippen LogP contribution in [0.5, 0.6) is 0 Å². The number of rotatable bonds is 4. The summed E-state index contributed by atoms with van der Waals surface area (Å²) in [6, 6.07) is 20.6. The van der Waals surface area contributed by atoms with Gasteiger partial charge < -0.3 is 9.52 Å². The number of ketones is 1. The number of halogens is 1. The Kier molecular flexibility index (Phi) is 4.98. The lowest BCUT2D eigenvalue weighted by atomic mass is 9.95. The van der Waals surface area contributed by atoms with Crippen molar-refractivity contribution in [1.82, 2.24) is 4.98 Å². The lowest BCUT2D eigenvalue weighted by Crippen LogP contribution is -2.30. The predicted octanol–water partition coefficient (Wildman–Crippen LogP) is 6.79. The molecule has 0 saturated carbocycles. The summed E-state index contributed by atoms with van der Waals surface area (Å²) in [6.07, 6.45) is 0. The van der Waals surface area contributed by atoms with Crippen molar-refractivity contribution < 1.29 is 19.1 Å². The number of carbonyl (C=O) groups is 2. The average molecular weight is 501 g/mol. The summed E-state index contributed by atoms with van der Waals surface area (Å²) in [5.74, 6) is -1.87. The summed E-state index contributed by atoms with van der Waals surface area (Å²) in [5, 5.41) is 12.5. The molecule has 172 valence electrons. The standard InChI is InChI=1S/C27H17ClN2O4S/c1-14-9-10-18-21(11-14)35-27(29-18)30-23(16-6-4-7-17(28)12-16)22(25(32)26(30)33)24(31)20-13-15-5-2-3-8-19(15)34-20/h2-13,23,32H,1H3. The van der Waals surface area contributed by atoms with Crippen LogP contribution in [0.3, 0.4) is 0 Å². The van der Waals surface area contributed by atoms with Crippen molar-refractivity contribution in [1.29, 1.82) is 0 Å². The molecule has 0 spiro atoms. The minimum atomic E-state index is -0.927. The Morgan fingerprint density at radius 1 is 1.09 bits per heavy atom. The molecular formula is C27H17ClN2O4S. The van der Waals surface area contributed by atoms with E-state index in [4.69, 9.17) is 16.0 Å². The first kappa shape index (κ1) is 21.6. The zero-order chi connectivity index (χ0) is 24.3. The topological polar surface area (TPSA) is 83.6 Å². The average Bonchev–Trinajstić information content (AvgIpc) is 3.52. The Labute approximate surface area is 208 Å². The highest BCUT2D eigenvalue weighted by Crippen LogP contribution is 2.45. The normalized spacial score (nSPS) is 16.1. The van der Waals surface area contributed by atoms with E-state index in [-0.39, 0.29) is 11.3 Å². The number of thiazole rings is 1. The van der Waals surface area contributed by atoms with E-state index < -0.39 is 23.5 Å². The maximum Gasteiger partial charge on any atom is 0.296 e. The van der Waals surface area contributed by atoms with Crippen LogP contribution in [0.2, 0.25) is 5.02 Å². The molecule has 1 aliphatic rings. The van der Waals surface area contributed by atoms with E-state index in [0.29, 0.717) is 21.3 Å². The van der Waals surface area contributed by atoms with Crippen molar-refractivity contribution >= 4 is 60.9 Å². The van der Waals surface area contributed by atoms with Crippen molar-refractivity contribution in [2.75, 3.05) is 4.90 Å². The van der Waals surface area contributed by atoms with Crippen LogP contribution in [0.15, 0.2) is 88.5 Å². The van der Waals surface area contributed by atoms with Gasteiger partial charge >= 0.3 is 0 Å². The van der Waals surface area contributed by atoms with Crippen LogP contribution in [0.25, 0.3) is 21.2 Å². The molecule has 3 heterocycles. The van der Waals surface area contributed by atoms with Gasteiger partial charge in [-0.05, 0) is 54.4 Å². The van der Waals surface area contributed by atoms with Gasteiger partial charge in [0.05, 0.1) is 21.8 Å². The van der Waals surface area contributed by atoms with Gasteiger partial charge in [0.25, 0.3) is 5.91 Å². The second kappa shape index (κ2) is 8.08. The molecule has 0 aliphatic carbocycles. The molecule has 5 aromatic rings. The van der Waals surface area contributed by atoms with Gasteiger partial charge in [0.2, 0.25) is 5.78 Å². The maximum atomic E-state index is 13.7. The second-order valence-corrected chi connectivity index (χ2v) is 9.79. The fourth-order valence-corrected chi connectivity index (χ4v) is 5.66. The van der Waals surface area contributed by atoms with Crippen molar-refractivity contribution in [2.24, 2.45) is 0 Å². The monoisotopic (exact) mass is 500 g/mol. The Balaban J connectivity index is 1.52. The number of para-hydroxylation sites is 1. The summed E-state index contributed by atoms with van der Waals surface area (Å²) in [6.45, 7) is 1.98. The number of anilines is 1. The van der Waals surface area contributed by atoms with Crippen molar-refractivity contribution in [3.8, 4) is 0 Å². The lowest BCUT2D eigenvalue weighted by molar-refractivity contribution is -0.117. The van der Waals surface area contributed by atoms with E-state index in [1.165, 1.54) is 16.2 Å². The minimum absolute atomic E-state index is 0.0364.